The zero-order chi connectivity index (χ0) is 23.9. The molecular formula is C25H18N5NaO3S. The number of pyridine rings is 2. The number of hydrogen-bond acceptors (Lipinski definition) is 8. The second-order valence-corrected chi connectivity index (χ2v) is 9.09. The van der Waals surface area contributed by atoms with Crippen molar-refractivity contribution >= 4 is 48.9 Å². The molecule has 2 heterocycles. The number of nitrogens with zero attached hydrogens (tertiary/aromatic N) is 4. The summed E-state index contributed by atoms with van der Waals surface area (Å²) >= 11 is 0. The Kier molecular flexibility index (Phi) is 6.98. The SMILES string of the molecule is Cc1ccc2cccc(-c3ccc(N=Nc4cc(S(=O)(=O)[O-])c5ccccc5c4N)cn3)c2n1.[Na+]. The van der Waals surface area contributed by atoms with Gasteiger partial charge in [-0.2, -0.15) is 0 Å². The number of benzene rings is 3. The maximum Gasteiger partial charge on any atom is 1.00 e. The van der Waals surface area contributed by atoms with E-state index in [0.29, 0.717) is 11.1 Å². The first-order valence-electron chi connectivity index (χ1n) is 10.3. The summed E-state index contributed by atoms with van der Waals surface area (Å²) in [5, 5.41) is 9.94. The summed E-state index contributed by atoms with van der Waals surface area (Å²) in [6, 6.07) is 21.1. The fourth-order valence-corrected chi connectivity index (χ4v) is 4.51. The predicted molar refractivity (Wildman–Crippen MR) is 130 cm³/mol. The Bertz CT molecular complexity index is 1700. The molecule has 0 bridgehead atoms. The van der Waals surface area contributed by atoms with Gasteiger partial charge in [0.15, 0.2) is 0 Å². The minimum atomic E-state index is -4.73. The third-order valence-electron chi connectivity index (χ3n) is 5.45. The van der Waals surface area contributed by atoms with Crippen molar-refractivity contribution in [3.8, 4) is 11.3 Å². The summed E-state index contributed by atoms with van der Waals surface area (Å²) in [6.07, 6.45) is 1.55. The molecule has 0 aliphatic carbocycles. The topological polar surface area (TPSA) is 134 Å². The van der Waals surface area contributed by atoms with Crippen molar-refractivity contribution in [2.45, 2.75) is 11.8 Å². The number of para-hydroxylation sites is 1. The molecule has 0 aliphatic rings. The molecule has 2 aromatic heterocycles. The van der Waals surface area contributed by atoms with Crippen LogP contribution in [0.3, 0.4) is 0 Å². The minimum absolute atomic E-state index is 0. The third kappa shape index (κ3) is 4.95. The molecule has 168 valence electrons. The molecule has 5 rings (SSSR count). The molecule has 8 nitrogen and oxygen atoms in total. The summed E-state index contributed by atoms with van der Waals surface area (Å²) in [7, 11) is -4.73. The summed E-state index contributed by atoms with van der Waals surface area (Å²) in [4.78, 5) is 8.75. The van der Waals surface area contributed by atoms with Crippen LogP contribution in [-0.2, 0) is 10.1 Å². The second-order valence-electron chi connectivity index (χ2n) is 7.74. The molecule has 0 aliphatic heterocycles. The van der Waals surface area contributed by atoms with Crippen LogP contribution in [0.25, 0.3) is 32.9 Å². The molecule has 0 spiro atoms. The van der Waals surface area contributed by atoms with E-state index in [1.165, 1.54) is 6.07 Å². The van der Waals surface area contributed by atoms with Gasteiger partial charge in [-0.3, -0.25) is 9.97 Å². The van der Waals surface area contributed by atoms with Gasteiger partial charge in [0.1, 0.15) is 21.5 Å². The fraction of sp³-hybridized carbons (Fsp3) is 0.0400. The summed E-state index contributed by atoms with van der Waals surface area (Å²) in [5.41, 5.74) is 10.3. The van der Waals surface area contributed by atoms with E-state index in [1.807, 2.05) is 43.3 Å². The molecule has 0 atom stereocenters. The Morgan fingerprint density at radius 2 is 1.69 bits per heavy atom. The van der Waals surface area contributed by atoms with Gasteiger partial charge in [0, 0.05) is 27.4 Å². The normalized spacial score (nSPS) is 11.7. The van der Waals surface area contributed by atoms with Crippen molar-refractivity contribution in [3.05, 3.63) is 84.7 Å². The van der Waals surface area contributed by atoms with E-state index < -0.39 is 15.0 Å². The standard InChI is InChI=1S/C25H19N5O3S.Na/c1-15-9-10-16-5-4-8-20(25(16)28-15)21-12-11-17(14-27-21)29-30-22-13-23(34(31,32)33)18-6-2-3-7-19(18)24(22)26;/h2-14H,26H2,1H3,(H,31,32,33);/q;+1/p-1. The van der Waals surface area contributed by atoms with Gasteiger partial charge in [0.05, 0.1) is 28.0 Å². The average Bonchev–Trinajstić information content (AvgIpc) is 2.83. The van der Waals surface area contributed by atoms with Gasteiger partial charge in [-0.1, -0.05) is 48.5 Å². The number of azo groups is 1. The van der Waals surface area contributed by atoms with E-state index in [-0.39, 0.29) is 46.3 Å². The van der Waals surface area contributed by atoms with Crippen molar-refractivity contribution in [1.82, 2.24) is 9.97 Å². The van der Waals surface area contributed by atoms with Crippen LogP contribution in [0.15, 0.2) is 94.1 Å². The molecule has 0 unspecified atom stereocenters. The molecule has 0 saturated heterocycles. The number of aromatic nitrogens is 2. The third-order valence-corrected chi connectivity index (χ3v) is 6.33. The van der Waals surface area contributed by atoms with Crippen LogP contribution in [0.2, 0.25) is 0 Å². The number of hydrogen-bond donors (Lipinski definition) is 1. The van der Waals surface area contributed by atoms with Crippen molar-refractivity contribution < 1.29 is 42.5 Å². The van der Waals surface area contributed by atoms with Crippen LogP contribution in [0, 0.1) is 6.92 Å². The van der Waals surface area contributed by atoms with E-state index in [9.17, 15) is 13.0 Å². The molecule has 3 aromatic carbocycles. The van der Waals surface area contributed by atoms with Crippen molar-refractivity contribution in [1.29, 1.82) is 0 Å². The molecule has 2 N–H and O–H groups in total. The molecule has 0 amide bonds. The Hall–Kier alpha value is -3.21. The molecular weight excluding hydrogens is 473 g/mol. The molecule has 0 saturated carbocycles. The van der Waals surface area contributed by atoms with Crippen molar-refractivity contribution in [2.24, 2.45) is 10.2 Å². The molecule has 10 heteroatoms. The Labute approximate surface area is 224 Å². The zero-order valence-corrected chi connectivity index (χ0v) is 21.8. The number of fused-ring (bicyclic) bond motifs is 2. The van der Waals surface area contributed by atoms with E-state index in [0.717, 1.165) is 33.9 Å². The second kappa shape index (κ2) is 9.80. The van der Waals surface area contributed by atoms with Crippen LogP contribution < -0.4 is 35.3 Å². The molecule has 0 radical (unpaired) electrons. The fourth-order valence-electron chi connectivity index (χ4n) is 3.81. The first-order valence-corrected chi connectivity index (χ1v) is 11.7. The number of rotatable bonds is 4. The summed E-state index contributed by atoms with van der Waals surface area (Å²) in [6.45, 7) is 1.94. The number of nitrogens with two attached hydrogens (primary N) is 1. The van der Waals surface area contributed by atoms with Crippen molar-refractivity contribution in [2.75, 3.05) is 5.73 Å². The maximum atomic E-state index is 11.8. The van der Waals surface area contributed by atoms with Crippen LogP contribution in [0.4, 0.5) is 17.1 Å². The number of nitrogen functional groups attached to an aromatic ring is 1. The smallest absolute Gasteiger partial charge is 0.744 e. The molecule has 0 fully saturated rings. The van der Waals surface area contributed by atoms with E-state index in [2.05, 4.69) is 20.2 Å². The molecule has 5 aromatic rings. The van der Waals surface area contributed by atoms with Gasteiger partial charge >= 0.3 is 29.6 Å². The van der Waals surface area contributed by atoms with E-state index >= 15 is 0 Å². The van der Waals surface area contributed by atoms with Crippen LogP contribution in [0.1, 0.15) is 5.69 Å². The molecule has 35 heavy (non-hydrogen) atoms. The van der Waals surface area contributed by atoms with Gasteiger partial charge in [0.25, 0.3) is 0 Å². The van der Waals surface area contributed by atoms with E-state index in [1.54, 1.807) is 30.5 Å². The maximum absolute atomic E-state index is 11.8. The van der Waals surface area contributed by atoms with Crippen LogP contribution in [-0.4, -0.2) is 22.9 Å². The summed E-state index contributed by atoms with van der Waals surface area (Å²) < 4.78 is 35.4. The van der Waals surface area contributed by atoms with Gasteiger partial charge in [0.2, 0.25) is 0 Å². The first-order chi connectivity index (χ1) is 16.3. The van der Waals surface area contributed by atoms with Gasteiger partial charge in [-0.25, -0.2) is 8.42 Å². The van der Waals surface area contributed by atoms with Gasteiger partial charge < -0.3 is 10.3 Å². The monoisotopic (exact) mass is 491 g/mol. The number of aryl methyl sites for hydroxylation is 1. The summed E-state index contributed by atoms with van der Waals surface area (Å²) in [5.74, 6) is 0. The quantitative estimate of drug-likeness (QED) is 0.178. The Balaban J connectivity index is 0.00000289. The van der Waals surface area contributed by atoms with Crippen LogP contribution in [0.5, 0.6) is 0 Å². The number of anilines is 1. The van der Waals surface area contributed by atoms with Gasteiger partial charge in [-0.15, -0.1) is 10.2 Å². The zero-order valence-electron chi connectivity index (χ0n) is 19.0. The largest absolute Gasteiger partial charge is 1.00 e. The first kappa shape index (κ1) is 24.9. The van der Waals surface area contributed by atoms with Gasteiger partial charge in [-0.05, 0) is 31.2 Å². The predicted octanol–water partition coefficient (Wildman–Crippen LogP) is 2.66. The van der Waals surface area contributed by atoms with Crippen molar-refractivity contribution in [3.63, 3.8) is 0 Å². The average molecular weight is 492 g/mol. The minimum Gasteiger partial charge on any atom is -0.744 e. The van der Waals surface area contributed by atoms with Crippen LogP contribution >= 0.6 is 0 Å². The Morgan fingerprint density at radius 1 is 0.914 bits per heavy atom. The Morgan fingerprint density at radius 3 is 2.40 bits per heavy atom. The van der Waals surface area contributed by atoms with E-state index in [4.69, 9.17) is 5.73 Å².